The molecule has 0 saturated heterocycles. The fraction of sp³-hybridized carbons (Fsp3) is 0.538. The second-order valence-corrected chi connectivity index (χ2v) is 5.22. The van der Waals surface area contributed by atoms with Gasteiger partial charge in [0.25, 0.3) is 0 Å². The fourth-order valence-corrected chi connectivity index (χ4v) is 2.27. The molecule has 2 rings (SSSR count). The second-order valence-electron chi connectivity index (χ2n) is 5.22. The topological polar surface area (TPSA) is 159 Å². The molecule has 0 saturated carbocycles. The Balaban J connectivity index is 2.37. The minimum atomic E-state index is -1.06. The van der Waals surface area contributed by atoms with Crippen molar-refractivity contribution in [1.82, 2.24) is 31.0 Å². The Kier molecular flexibility index (Phi) is 5.52. The molecule has 4 N–H and O–H groups in total. The van der Waals surface area contributed by atoms with E-state index in [1.807, 2.05) is 17.6 Å². The monoisotopic (exact) mass is 353 g/mol. The first-order valence-electron chi connectivity index (χ1n) is 7.69. The predicted octanol–water partition coefficient (Wildman–Crippen LogP) is 0.312. The van der Waals surface area contributed by atoms with Crippen LogP contribution in [0.5, 0.6) is 0 Å². The molecule has 0 radical (unpaired) electrons. The summed E-state index contributed by atoms with van der Waals surface area (Å²) in [7, 11) is 0. The summed E-state index contributed by atoms with van der Waals surface area (Å²) in [4.78, 5) is 49.1. The van der Waals surface area contributed by atoms with Crippen LogP contribution in [0.1, 0.15) is 39.1 Å². The molecular formula is C13H19N7O5. The zero-order valence-corrected chi connectivity index (χ0v) is 14.0. The number of amides is 7. The van der Waals surface area contributed by atoms with Crippen molar-refractivity contribution in [2.24, 2.45) is 0 Å². The van der Waals surface area contributed by atoms with Gasteiger partial charge in [0.05, 0.1) is 0 Å². The van der Waals surface area contributed by atoms with E-state index in [4.69, 9.17) is 4.42 Å². The van der Waals surface area contributed by atoms with Crippen LogP contribution in [-0.4, -0.2) is 51.7 Å². The van der Waals surface area contributed by atoms with Crippen LogP contribution in [0.25, 0.3) is 0 Å². The Labute approximate surface area is 142 Å². The molecule has 1 aromatic rings. The third-order valence-corrected chi connectivity index (χ3v) is 3.51. The first kappa shape index (κ1) is 18.2. The number of rotatable bonds is 2. The van der Waals surface area contributed by atoms with Crippen LogP contribution in [0.2, 0.25) is 0 Å². The zero-order valence-electron chi connectivity index (χ0n) is 14.0. The molecule has 1 aliphatic heterocycles. The number of carbonyl (C=O) groups is 4. The normalized spacial score (nSPS) is 22.4. The number of carbonyl (C=O) groups excluding carboxylic acids is 4. The lowest BCUT2D eigenvalue weighted by Crippen LogP contribution is -2.53. The van der Waals surface area contributed by atoms with E-state index < -0.39 is 36.1 Å². The van der Waals surface area contributed by atoms with Gasteiger partial charge >= 0.3 is 24.1 Å². The van der Waals surface area contributed by atoms with Crippen molar-refractivity contribution in [2.45, 2.75) is 39.3 Å². The number of hydrogen-bond donors (Lipinski definition) is 4. The largest absolute Gasteiger partial charge is 0.405 e. The highest BCUT2D eigenvalue weighted by atomic mass is 16.4. The molecule has 0 aliphatic carbocycles. The molecule has 25 heavy (non-hydrogen) atoms. The highest BCUT2D eigenvalue weighted by molar-refractivity contribution is 6.06. The van der Waals surface area contributed by atoms with Gasteiger partial charge in [-0.25, -0.2) is 14.4 Å². The highest BCUT2D eigenvalue weighted by Crippen LogP contribution is 2.24. The smallest absolute Gasteiger partial charge is 0.330 e. The summed E-state index contributed by atoms with van der Waals surface area (Å²) in [5.41, 5.74) is 0. The number of hydrogen-bond acceptors (Lipinski definition) is 7. The van der Waals surface area contributed by atoms with Crippen molar-refractivity contribution in [3.8, 4) is 0 Å². The van der Waals surface area contributed by atoms with Crippen molar-refractivity contribution in [1.29, 1.82) is 0 Å². The van der Waals surface area contributed by atoms with Gasteiger partial charge in [-0.15, -0.1) is 5.10 Å². The maximum atomic E-state index is 12.5. The van der Waals surface area contributed by atoms with Gasteiger partial charge in [-0.3, -0.25) is 20.7 Å². The zero-order chi connectivity index (χ0) is 18.6. The molecule has 2 heterocycles. The Morgan fingerprint density at radius 3 is 2.36 bits per heavy atom. The number of anilines is 1. The van der Waals surface area contributed by atoms with Gasteiger partial charge in [-0.2, -0.15) is 0 Å². The quantitative estimate of drug-likeness (QED) is 0.595. The molecule has 2 bridgehead atoms. The summed E-state index contributed by atoms with van der Waals surface area (Å²) in [5, 5.41) is 16.0. The molecule has 7 amide bonds. The fourth-order valence-electron chi connectivity index (χ4n) is 2.27. The molecule has 0 spiro atoms. The summed E-state index contributed by atoms with van der Waals surface area (Å²) in [5.74, 6) is -0.649. The molecule has 0 fully saturated rings. The minimum absolute atomic E-state index is 0.121. The van der Waals surface area contributed by atoms with Crippen LogP contribution in [0, 0.1) is 0 Å². The number of aromatic nitrogens is 2. The third-order valence-electron chi connectivity index (χ3n) is 3.51. The van der Waals surface area contributed by atoms with Crippen molar-refractivity contribution >= 4 is 30.0 Å². The Bertz CT molecular complexity index is 688. The summed E-state index contributed by atoms with van der Waals surface area (Å²) >= 11 is 0. The Morgan fingerprint density at radius 2 is 1.72 bits per heavy atom. The van der Waals surface area contributed by atoms with Gasteiger partial charge in [-0.05, 0) is 20.3 Å². The number of nitrogens with zero attached hydrogens (tertiary/aromatic N) is 3. The van der Waals surface area contributed by atoms with Gasteiger partial charge in [0.15, 0.2) is 0 Å². The molecule has 2 atom stereocenters. The first-order chi connectivity index (χ1) is 11.8. The predicted molar refractivity (Wildman–Crippen MR) is 83.4 cm³/mol. The van der Waals surface area contributed by atoms with E-state index in [-0.39, 0.29) is 11.9 Å². The van der Waals surface area contributed by atoms with Gasteiger partial charge in [0.2, 0.25) is 11.8 Å². The van der Waals surface area contributed by atoms with Crippen molar-refractivity contribution in [2.75, 3.05) is 11.9 Å². The standard InChI is InChI=1S/C13H19N7O5/c1-4-7-9-18-19-12(25-9)17-11(23)16-10(22)15-8(21)6(3)14-13(24)20(7)5-2/h6-7H,4-5H2,1-3H3,(H,14,24)(H3,15,16,17,19,21,22,23)/t6-,7?/m0/s1. The van der Waals surface area contributed by atoms with E-state index in [1.54, 1.807) is 6.92 Å². The van der Waals surface area contributed by atoms with E-state index in [0.29, 0.717) is 13.0 Å². The van der Waals surface area contributed by atoms with E-state index >= 15 is 0 Å². The van der Waals surface area contributed by atoms with Crippen molar-refractivity contribution in [3.05, 3.63) is 5.89 Å². The lowest BCUT2D eigenvalue weighted by molar-refractivity contribution is -0.121. The summed E-state index contributed by atoms with van der Waals surface area (Å²) in [6.07, 6.45) is 0.466. The second kappa shape index (κ2) is 7.59. The molecule has 0 aromatic carbocycles. The van der Waals surface area contributed by atoms with Crippen LogP contribution >= 0.6 is 0 Å². The van der Waals surface area contributed by atoms with Gasteiger partial charge in [0, 0.05) is 6.54 Å². The maximum absolute atomic E-state index is 12.5. The molecule has 12 nitrogen and oxygen atoms in total. The molecule has 1 unspecified atom stereocenters. The number of nitrogens with one attached hydrogen (secondary N) is 4. The van der Waals surface area contributed by atoms with Crippen LogP contribution in [0.3, 0.4) is 0 Å². The Morgan fingerprint density at radius 1 is 1.04 bits per heavy atom. The number of urea groups is 3. The molecule has 1 aliphatic rings. The molecule has 12 heteroatoms. The van der Waals surface area contributed by atoms with Crippen molar-refractivity contribution < 1.29 is 23.6 Å². The van der Waals surface area contributed by atoms with Crippen LogP contribution in [-0.2, 0) is 4.79 Å². The van der Waals surface area contributed by atoms with Crippen LogP contribution in [0.15, 0.2) is 4.42 Å². The number of imide groups is 2. The van der Waals surface area contributed by atoms with E-state index in [2.05, 4.69) is 20.8 Å². The molecule has 1 aromatic heterocycles. The average Bonchev–Trinajstić information content (AvgIpc) is 2.98. The molecule has 136 valence electrons. The van der Waals surface area contributed by atoms with Gasteiger partial charge in [0.1, 0.15) is 12.1 Å². The van der Waals surface area contributed by atoms with E-state index in [1.165, 1.54) is 11.8 Å². The summed E-state index contributed by atoms with van der Waals surface area (Å²) in [6, 6.07) is -4.33. The van der Waals surface area contributed by atoms with Crippen molar-refractivity contribution in [3.63, 3.8) is 0 Å². The minimum Gasteiger partial charge on any atom is -0.405 e. The lowest BCUT2D eigenvalue weighted by Gasteiger charge is -2.29. The SMILES string of the molecule is CCC1c2nnc(o2)NC(=O)NC(=O)NC(=O)[C@H](C)NC(=O)N1CC. The summed E-state index contributed by atoms with van der Waals surface area (Å²) in [6.45, 7) is 5.29. The maximum Gasteiger partial charge on any atom is 0.330 e. The lowest BCUT2D eigenvalue weighted by atomic mass is 10.2. The van der Waals surface area contributed by atoms with Crippen LogP contribution < -0.4 is 21.3 Å². The van der Waals surface area contributed by atoms with Gasteiger partial charge < -0.3 is 14.6 Å². The number of fused-ring (bicyclic) bond motifs is 2. The Hall–Kier alpha value is -3.18. The van der Waals surface area contributed by atoms with E-state index in [0.717, 1.165) is 0 Å². The summed E-state index contributed by atoms with van der Waals surface area (Å²) < 4.78 is 5.35. The molecular weight excluding hydrogens is 334 g/mol. The van der Waals surface area contributed by atoms with Crippen LogP contribution in [0.4, 0.5) is 20.4 Å². The third kappa shape index (κ3) is 4.22. The first-order valence-corrected chi connectivity index (χ1v) is 7.69. The average molecular weight is 353 g/mol. The van der Waals surface area contributed by atoms with E-state index in [9.17, 15) is 19.2 Å². The van der Waals surface area contributed by atoms with Gasteiger partial charge in [-0.1, -0.05) is 12.0 Å². The highest BCUT2D eigenvalue weighted by Gasteiger charge is 2.30.